The molecule has 0 saturated carbocycles. The number of nitrogens with zero attached hydrogens (tertiary/aromatic N) is 6. The zero-order valence-corrected chi connectivity index (χ0v) is 39.9. The number of carboxylic acids is 1. The molecule has 10 rings (SSSR count). The number of fused-ring (bicyclic) bond motifs is 7. The summed E-state index contributed by atoms with van der Waals surface area (Å²) in [6.07, 6.45) is 0.844. The fourth-order valence-electron chi connectivity index (χ4n) is 8.43. The van der Waals surface area contributed by atoms with E-state index in [1.54, 1.807) is 42.6 Å². The fraction of sp³-hybridized carbons (Fsp3) is 0.300. The molecule has 0 aliphatic carbocycles. The number of nitrogens with one attached hydrogen (secondary N) is 1. The Morgan fingerprint density at radius 2 is 1.68 bits per heavy atom. The number of hydrogen-bond donors (Lipinski definition) is 3. The van der Waals surface area contributed by atoms with Crippen LogP contribution in [-0.2, 0) is 17.8 Å². The maximum atomic E-state index is 14.4. The standard InChI is InChI=1S/C50H49Cl2FN8O6S/c1-28-40-29(2)44(52)45(43(28)51)66-37(24-61-20-18-60(3)19-21-61)26-64-36-12-13-38(65-25-35-14-16-56-47(59-35)31-6-10-34(11-7-31)55-17-15-54)32(22-36)23-39(50(62)63)67-48-42-41(40)46(68-49(42)58-27-57-48)30-4-8-33(53)9-5-30/h4-14,16,22,27,37,39,55H,15,17-21,23-26,54H2,1-3H3,(H,62,63)/t37-,39-/m1/s1. The van der Waals surface area contributed by atoms with E-state index in [2.05, 4.69) is 37.1 Å². The third-order valence-electron chi connectivity index (χ3n) is 12.1. The van der Waals surface area contributed by atoms with Gasteiger partial charge in [-0.25, -0.2) is 29.1 Å². The first-order valence-corrected chi connectivity index (χ1v) is 23.7. The Morgan fingerprint density at radius 3 is 2.40 bits per heavy atom. The van der Waals surface area contributed by atoms with Crippen molar-refractivity contribution in [1.82, 2.24) is 29.7 Å². The monoisotopic (exact) mass is 978 g/mol. The van der Waals surface area contributed by atoms with Crippen molar-refractivity contribution >= 4 is 56.4 Å². The van der Waals surface area contributed by atoms with Crippen LogP contribution in [0.15, 0.2) is 85.3 Å². The average Bonchev–Trinajstić information content (AvgIpc) is 3.73. The van der Waals surface area contributed by atoms with Crippen molar-refractivity contribution in [2.75, 3.05) is 64.8 Å². The number of anilines is 1. The Bertz CT molecular complexity index is 2930. The molecule has 4 N–H and O–H groups in total. The third-order valence-corrected chi connectivity index (χ3v) is 14.1. The molecule has 14 nitrogen and oxygen atoms in total. The normalized spacial score (nSPS) is 16.7. The SMILES string of the molecule is Cc1c(Cl)c2c(Cl)c(C)c1-c1c(-c3ccc(F)cc3)sc3ncnc(c13)O[C@@H](C(=O)O)Cc1cc(ccc1OCc1ccnc(-c3ccc(NCCN)cc3)n1)OC[C@@H](CN1CCN(C)CC1)O2. The van der Waals surface area contributed by atoms with Gasteiger partial charge in [0.2, 0.25) is 12.0 Å². The second-order valence-electron chi connectivity index (χ2n) is 16.8. The number of thiophene rings is 1. The van der Waals surface area contributed by atoms with Crippen LogP contribution in [0.5, 0.6) is 23.1 Å². The van der Waals surface area contributed by atoms with Crippen molar-refractivity contribution < 1.29 is 33.2 Å². The summed E-state index contributed by atoms with van der Waals surface area (Å²) in [7, 11) is 2.10. The Morgan fingerprint density at radius 1 is 0.941 bits per heavy atom. The number of aromatic nitrogens is 4. The van der Waals surface area contributed by atoms with Gasteiger partial charge in [-0.1, -0.05) is 35.3 Å². The van der Waals surface area contributed by atoms with Crippen molar-refractivity contribution in [1.29, 1.82) is 0 Å². The molecule has 0 amide bonds. The lowest BCUT2D eigenvalue weighted by atomic mass is 9.92. The van der Waals surface area contributed by atoms with Gasteiger partial charge in [-0.15, -0.1) is 11.3 Å². The number of ether oxygens (including phenoxy) is 4. The second-order valence-corrected chi connectivity index (χ2v) is 18.5. The molecule has 0 radical (unpaired) electrons. The molecule has 3 aliphatic heterocycles. The van der Waals surface area contributed by atoms with Gasteiger partial charge >= 0.3 is 5.97 Å². The van der Waals surface area contributed by atoms with Crippen LogP contribution in [0.1, 0.15) is 22.4 Å². The minimum absolute atomic E-state index is 0.0246. The Balaban J connectivity index is 1.13. The number of rotatable bonds is 11. The summed E-state index contributed by atoms with van der Waals surface area (Å²) in [6, 6.07) is 20.9. The van der Waals surface area contributed by atoms with E-state index in [9.17, 15) is 14.3 Å². The highest BCUT2D eigenvalue weighted by Gasteiger charge is 2.32. The van der Waals surface area contributed by atoms with E-state index < -0.39 is 24.0 Å². The quantitative estimate of drug-likeness (QED) is 0.112. The first-order valence-electron chi connectivity index (χ1n) is 22.2. The number of carboxylic acid groups (broad SMARTS) is 1. The molecule has 3 aliphatic rings. The van der Waals surface area contributed by atoms with Gasteiger partial charge in [0, 0.05) is 85.7 Å². The minimum atomic E-state index is -1.47. The molecule has 3 aromatic heterocycles. The molecule has 352 valence electrons. The zero-order chi connectivity index (χ0) is 47.5. The molecule has 4 aromatic carbocycles. The summed E-state index contributed by atoms with van der Waals surface area (Å²) in [5.41, 5.74) is 11.8. The van der Waals surface area contributed by atoms with Crippen molar-refractivity contribution in [2.24, 2.45) is 5.73 Å². The number of hydrogen-bond acceptors (Lipinski definition) is 14. The number of benzene rings is 4. The number of aliphatic carboxylic acids is 1. The van der Waals surface area contributed by atoms with Crippen molar-refractivity contribution in [3.63, 3.8) is 0 Å². The number of nitrogens with two attached hydrogens (primary N) is 1. The molecule has 4 bridgehead atoms. The molecule has 2 atom stereocenters. The molecular weight excluding hydrogens is 931 g/mol. The summed E-state index contributed by atoms with van der Waals surface area (Å²) < 4.78 is 40.7. The van der Waals surface area contributed by atoms with Crippen molar-refractivity contribution in [3.05, 3.63) is 124 Å². The maximum absolute atomic E-state index is 14.4. The predicted molar refractivity (Wildman–Crippen MR) is 263 cm³/mol. The second kappa shape index (κ2) is 20.6. The van der Waals surface area contributed by atoms with E-state index in [0.717, 1.165) is 37.4 Å². The summed E-state index contributed by atoms with van der Waals surface area (Å²) in [4.78, 5) is 37.6. The zero-order valence-electron chi connectivity index (χ0n) is 37.6. The highest BCUT2D eigenvalue weighted by molar-refractivity contribution is 7.22. The third kappa shape index (κ3) is 10.2. The van der Waals surface area contributed by atoms with Gasteiger partial charge in [-0.2, -0.15) is 0 Å². The van der Waals surface area contributed by atoms with Crippen molar-refractivity contribution in [2.45, 2.75) is 39.1 Å². The van der Waals surface area contributed by atoms with Gasteiger partial charge in [0.15, 0.2) is 11.6 Å². The highest BCUT2D eigenvalue weighted by Crippen LogP contribution is 2.53. The van der Waals surface area contributed by atoms with Crippen LogP contribution >= 0.6 is 34.5 Å². The molecule has 7 aromatic rings. The van der Waals surface area contributed by atoms with E-state index in [-0.39, 0.29) is 25.5 Å². The van der Waals surface area contributed by atoms with Crippen LogP contribution in [0.3, 0.4) is 0 Å². The van der Waals surface area contributed by atoms with Gasteiger partial charge < -0.3 is 40.0 Å². The molecule has 1 saturated heterocycles. The van der Waals surface area contributed by atoms with E-state index in [4.69, 9.17) is 52.9 Å². The Hall–Kier alpha value is -6.14. The van der Waals surface area contributed by atoms with Crippen LogP contribution < -0.4 is 30.0 Å². The lowest BCUT2D eigenvalue weighted by Gasteiger charge is -2.35. The predicted octanol–water partition coefficient (Wildman–Crippen LogP) is 8.96. The molecule has 18 heteroatoms. The Kier molecular flexibility index (Phi) is 14.2. The van der Waals surface area contributed by atoms with E-state index in [1.165, 1.54) is 29.8 Å². The molecular formula is C50H49Cl2FN8O6S. The van der Waals surface area contributed by atoms with Gasteiger partial charge in [0.05, 0.1) is 21.1 Å². The van der Waals surface area contributed by atoms with Gasteiger partial charge in [0.1, 0.15) is 47.8 Å². The number of piperazine rings is 1. The largest absolute Gasteiger partial charge is 0.490 e. The number of likely N-dealkylation sites (N-methyl/N-ethyl adjacent to an activating group) is 1. The fourth-order valence-corrected chi connectivity index (χ4v) is 10.1. The Labute approximate surface area is 406 Å². The maximum Gasteiger partial charge on any atom is 0.345 e. The van der Waals surface area contributed by atoms with Gasteiger partial charge in [-0.3, -0.25) is 4.90 Å². The van der Waals surface area contributed by atoms with Crippen LogP contribution in [0.25, 0.3) is 43.2 Å². The summed E-state index contributed by atoms with van der Waals surface area (Å²) in [5, 5.41) is 15.2. The smallest absolute Gasteiger partial charge is 0.345 e. The topological polar surface area (TPSA) is 170 Å². The summed E-state index contributed by atoms with van der Waals surface area (Å²) in [5.74, 6) is 0.0726. The van der Waals surface area contributed by atoms with E-state index in [0.29, 0.717) is 107 Å². The highest BCUT2D eigenvalue weighted by atomic mass is 35.5. The van der Waals surface area contributed by atoms with Crippen LogP contribution in [0, 0.1) is 19.7 Å². The number of carbonyl (C=O) groups is 1. The molecule has 68 heavy (non-hydrogen) atoms. The molecule has 1 fully saturated rings. The molecule has 0 unspecified atom stereocenters. The number of halogens is 3. The van der Waals surface area contributed by atoms with Gasteiger partial charge in [0.25, 0.3) is 0 Å². The van der Waals surface area contributed by atoms with E-state index in [1.807, 2.05) is 38.1 Å². The first-order chi connectivity index (χ1) is 32.9. The lowest BCUT2D eigenvalue weighted by molar-refractivity contribution is -0.145. The van der Waals surface area contributed by atoms with Crippen LogP contribution in [0.4, 0.5) is 10.1 Å². The van der Waals surface area contributed by atoms with Crippen LogP contribution in [-0.4, -0.2) is 112 Å². The average molecular weight is 980 g/mol. The van der Waals surface area contributed by atoms with Gasteiger partial charge in [-0.05, 0) is 104 Å². The summed E-state index contributed by atoms with van der Waals surface area (Å²) >= 11 is 16.0. The molecule has 6 heterocycles. The molecule has 0 spiro atoms. The van der Waals surface area contributed by atoms with Crippen molar-refractivity contribution in [3.8, 4) is 56.1 Å². The van der Waals surface area contributed by atoms with E-state index >= 15 is 0 Å². The first kappa shape index (κ1) is 46.9. The minimum Gasteiger partial charge on any atom is -0.490 e. The van der Waals surface area contributed by atoms with Crippen LogP contribution in [0.2, 0.25) is 10.0 Å². The lowest BCUT2D eigenvalue weighted by Crippen LogP contribution is -2.49. The summed E-state index contributed by atoms with van der Waals surface area (Å²) in [6.45, 7) is 9.05.